The molecule has 0 saturated carbocycles. The zero-order valence-corrected chi connectivity index (χ0v) is 14.6. The molecule has 0 aliphatic carbocycles. The number of carbonyl (C=O) groups is 1. The van der Waals surface area contributed by atoms with Crippen LogP contribution in [-0.2, 0) is 11.2 Å². The lowest BCUT2D eigenvalue weighted by Gasteiger charge is -2.15. The van der Waals surface area contributed by atoms with Crippen molar-refractivity contribution in [1.29, 1.82) is 0 Å². The van der Waals surface area contributed by atoms with Crippen LogP contribution < -0.4 is 20.1 Å². The molecule has 0 unspecified atom stereocenters. The Kier molecular flexibility index (Phi) is 6.07. The third-order valence-electron chi connectivity index (χ3n) is 3.85. The van der Waals surface area contributed by atoms with E-state index in [1.807, 2.05) is 19.1 Å². The summed E-state index contributed by atoms with van der Waals surface area (Å²) in [5.41, 5.74) is 3.93. The van der Waals surface area contributed by atoms with Crippen LogP contribution in [0.4, 0.5) is 11.4 Å². The maximum absolute atomic E-state index is 12.3. The van der Waals surface area contributed by atoms with Crippen molar-refractivity contribution in [2.45, 2.75) is 20.3 Å². The molecule has 0 fully saturated rings. The van der Waals surface area contributed by atoms with Gasteiger partial charge in [0.25, 0.3) is 0 Å². The van der Waals surface area contributed by atoms with Crippen LogP contribution in [0.3, 0.4) is 0 Å². The van der Waals surface area contributed by atoms with Gasteiger partial charge in [0.05, 0.1) is 26.5 Å². The van der Waals surface area contributed by atoms with Crippen molar-refractivity contribution in [3.8, 4) is 11.5 Å². The van der Waals surface area contributed by atoms with E-state index in [-0.39, 0.29) is 12.5 Å². The van der Waals surface area contributed by atoms with Gasteiger partial charge in [0.15, 0.2) is 0 Å². The molecule has 0 aliphatic heterocycles. The average molecular weight is 328 g/mol. The Hall–Kier alpha value is -2.69. The SMILES string of the molecule is CCc1cccc(C)c1NCC(=O)Nc1cc(OC)ccc1OC. The highest BCUT2D eigenvalue weighted by Gasteiger charge is 2.10. The lowest BCUT2D eigenvalue weighted by Crippen LogP contribution is -2.23. The molecule has 5 nitrogen and oxygen atoms in total. The number of anilines is 2. The van der Waals surface area contributed by atoms with E-state index in [0.717, 1.165) is 17.7 Å². The van der Waals surface area contributed by atoms with E-state index in [4.69, 9.17) is 9.47 Å². The van der Waals surface area contributed by atoms with Gasteiger partial charge in [0.2, 0.25) is 5.91 Å². The number of rotatable bonds is 7. The van der Waals surface area contributed by atoms with Crippen molar-refractivity contribution in [3.05, 3.63) is 47.5 Å². The number of hydrogen-bond acceptors (Lipinski definition) is 4. The molecule has 1 amide bonds. The normalized spacial score (nSPS) is 10.2. The van der Waals surface area contributed by atoms with Gasteiger partial charge in [-0.15, -0.1) is 0 Å². The number of aryl methyl sites for hydroxylation is 2. The Morgan fingerprint density at radius 3 is 2.58 bits per heavy atom. The number of hydrogen-bond donors (Lipinski definition) is 2. The average Bonchev–Trinajstić information content (AvgIpc) is 2.60. The van der Waals surface area contributed by atoms with E-state index in [1.54, 1.807) is 32.4 Å². The summed E-state index contributed by atoms with van der Waals surface area (Å²) in [7, 11) is 3.15. The molecule has 5 heteroatoms. The standard InChI is InChI=1S/C19H24N2O3/c1-5-14-8-6-7-13(2)19(14)20-12-18(22)21-16-11-15(23-3)9-10-17(16)24-4/h6-11,20H,5,12H2,1-4H3,(H,21,22). The van der Waals surface area contributed by atoms with E-state index < -0.39 is 0 Å². The summed E-state index contributed by atoms with van der Waals surface area (Å²) in [6.07, 6.45) is 0.912. The van der Waals surface area contributed by atoms with Crippen molar-refractivity contribution in [3.63, 3.8) is 0 Å². The van der Waals surface area contributed by atoms with Crippen LogP contribution in [0.15, 0.2) is 36.4 Å². The Morgan fingerprint density at radius 2 is 1.92 bits per heavy atom. The summed E-state index contributed by atoms with van der Waals surface area (Å²) in [6, 6.07) is 11.4. The van der Waals surface area contributed by atoms with Gasteiger partial charge in [0.1, 0.15) is 11.5 Å². The maximum atomic E-state index is 12.3. The highest BCUT2D eigenvalue weighted by molar-refractivity contribution is 5.95. The molecular weight excluding hydrogens is 304 g/mol. The largest absolute Gasteiger partial charge is 0.497 e. The second-order valence-electron chi connectivity index (χ2n) is 5.43. The Labute approximate surface area is 143 Å². The van der Waals surface area contributed by atoms with Crippen molar-refractivity contribution in [2.24, 2.45) is 0 Å². The van der Waals surface area contributed by atoms with Crippen LogP contribution in [0.2, 0.25) is 0 Å². The molecule has 0 atom stereocenters. The molecule has 0 radical (unpaired) electrons. The predicted molar refractivity (Wildman–Crippen MR) is 97.2 cm³/mol. The van der Waals surface area contributed by atoms with Crippen LogP contribution in [0.25, 0.3) is 0 Å². The lowest BCUT2D eigenvalue weighted by molar-refractivity contribution is -0.114. The third-order valence-corrected chi connectivity index (χ3v) is 3.85. The summed E-state index contributed by atoms with van der Waals surface area (Å²) in [5.74, 6) is 1.10. The molecule has 0 aromatic heterocycles. The van der Waals surface area contributed by atoms with Gasteiger partial charge in [-0.25, -0.2) is 0 Å². The number of benzene rings is 2. The fourth-order valence-corrected chi connectivity index (χ4v) is 2.55. The molecule has 128 valence electrons. The minimum atomic E-state index is -0.146. The minimum absolute atomic E-state index is 0.146. The second kappa shape index (κ2) is 8.24. The minimum Gasteiger partial charge on any atom is -0.497 e. The van der Waals surface area contributed by atoms with E-state index in [2.05, 4.69) is 23.6 Å². The topological polar surface area (TPSA) is 59.6 Å². The zero-order chi connectivity index (χ0) is 17.5. The van der Waals surface area contributed by atoms with Crippen molar-refractivity contribution in [2.75, 3.05) is 31.4 Å². The van der Waals surface area contributed by atoms with Crippen LogP contribution in [0.5, 0.6) is 11.5 Å². The molecule has 2 N–H and O–H groups in total. The first kappa shape index (κ1) is 17.7. The van der Waals surface area contributed by atoms with Crippen molar-refractivity contribution < 1.29 is 14.3 Å². The molecule has 0 saturated heterocycles. The smallest absolute Gasteiger partial charge is 0.243 e. The van der Waals surface area contributed by atoms with Crippen molar-refractivity contribution >= 4 is 17.3 Å². The quantitative estimate of drug-likeness (QED) is 0.815. The third kappa shape index (κ3) is 4.19. The number of amides is 1. The summed E-state index contributed by atoms with van der Waals surface area (Å²) in [6.45, 7) is 4.31. The molecule has 0 heterocycles. The molecule has 0 aliphatic rings. The molecule has 2 aromatic carbocycles. The Morgan fingerprint density at radius 1 is 1.12 bits per heavy atom. The predicted octanol–water partition coefficient (Wildman–Crippen LogP) is 3.63. The Balaban J connectivity index is 2.07. The van der Waals surface area contributed by atoms with Crippen LogP contribution in [0.1, 0.15) is 18.1 Å². The monoisotopic (exact) mass is 328 g/mol. The first-order chi connectivity index (χ1) is 11.6. The first-order valence-electron chi connectivity index (χ1n) is 7.93. The molecule has 0 bridgehead atoms. The van der Waals surface area contributed by atoms with E-state index in [1.165, 1.54) is 5.56 Å². The second-order valence-corrected chi connectivity index (χ2v) is 5.43. The molecule has 0 spiro atoms. The zero-order valence-electron chi connectivity index (χ0n) is 14.6. The molecular formula is C19H24N2O3. The lowest BCUT2D eigenvalue weighted by atomic mass is 10.1. The van der Waals surface area contributed by atoms with Crippen molar-refractivity contribution in [1.82, 2.24) is 0 Å². The Bertz CT molecular complexity index is 714. The van der Waals surface area contributed by atoms with Gasteiger partial charge in [-0.3, -0.25) is 4.79 Å². The summed E-state index contributed by atoms with van der Waals surface area (Å²) >= 11 is 0. The van der Waals surface area contributed by atoms with Gasteiger partial charge in [-0.05, 0) is 36.6 Å². The van der Waals surface area contributed by atoms with Gasteiger partial charge >= 0.3 is 0 Å². The molecule has 2 rings (SSSR count). The van der Waals surface area contributed by atoms with E-state index in [0.29, 0.717) is 17.2 Å². The first-order valence-corrected chi connectivity index (χ1v) is 7.93. The number of para-hydroxylation sites is 1. The van der Waals surface area contributed by atoms with Gasteiger partial charge < -0.3 is 20.1 Å². The van der Waals surface area contributed by atoms with Crippen LogP contribution in [-0.4, -0.2) is 26.7 Å². The number of ether oxygens (including phenoxy) is 2. The fraction of sp³-hybridized carbons (Fsp3) is 0.316. The highest BCUT2D eigenvalue weighted by Crippen LogP contribution is 2.29. The number of carbonyl (C=O) groups excluding carboxylic acids is 1. The van der Waals surface area contributed by atoms with E-state index in [9.17, 15) is 4.79 Å². The van der Waals surface area contributed by atoms with E-state index >= 15 is 0 Å². The summed E-state index contributed by atoms with van der Waals surface area (Å²) < 4.78 is 10.5. The summed E-state index contributed by atoms with van der Waals surface area (Å²) in [5, 5.41) is 6.09. The van der Waals surface area contributed by atoms with Crippen LogP contribution >= 0.6 is 0 Å². The van der Waals surface area contributed by atoms with Gasteiger partial charge in [-0.1, -0.05) is 25.1 Å². The molecule has 2 aromatic rings. The van der Waals surface area contributed by atoms with Crippen LogP contribution in [0, 0.1) is 6.92 Å². The summed E-state index contributed by atoms with van der Waals surface area (Å²) in [4.78, 5) is 12.3. The van der Waals surface area contributed by atoms with Gasteiger partial charge in [-0.2, -0.15) is 0 Å². The number of methoxy groups -OCH3 is 2. The van der Waals surface area contributed by atoms with Gasteiger partial charge in [0, 0.05) is 11.8 Å². The fourth-order valence-electron chi connectivity index (χ4n) is 2.55. The molecule has 24 heavy (non-hydrogen) atoms. The number of nitrogens with one attached hydrogen (secondary N) is 2. The highest BCUT2D eigenvalue weighted by atomic mass is 16.5. The maximum Gasteiger partial charge on any atom is 0.243 e.